The van der Waals surface area contributed by atoms with Crippen molar-refractivity contribution in [3.8, 4) is 22.3 Å². The largest absolute Gasteiger partial charge is 0.456 e. The topological polar surface area (TPSA) is 29.5 Å². The molecule has 0 aliphatic rings. The molecule has 0 fully saturated rings. The number of rotatable bonds is 5. The smallest absolute Gasteiger partial charge is 0.143 e. The van der Waals surface area contributed by atoms with Crippen molar-refractivity contribution in [1.29, 1.82) is 0 Å². The van der Waals surface area contributed by atoms with Crippen LogP contribution in [0, 0.1) is 0 Å². The summed E-state index contributed by atoms with van der Waals surface area (Å²) >= 11 is 0. The van der Waals surface area contributed by atoms with E-state index in [1.54, 1.807) is 0 Å². The molecular weight excluding hydrogens is 599 g/mol. The summed E-state index contributed by atoms with van der Waals surface area (Å²) in [6, 6.07) is 62.0. The third kappa shape index (κ3) is 4.44. The van der Waals surface area contributed by atoms with E-state index in [0.717, 1.165) is 83.0 Å². The fraction of sp³-hybridized carbons (Fsp3) is 0. The predicted molar refractivity (Wildman–Crippen MR) is 204 cm³/mol. The minimum atomic E-state index is 0.866. The third-order valence-electron chi connectivity index (χ3n) is 9.69. The minimum Gasteiger partial charge on any atom is -0.456 e. The average Bonchev–Trinajstić information content (AvgIpc) is 3.74. The van der Waals surface area contributed by atoms with Gasteiger partial charge in [0.15, 0.2) is 0 Å². The molecule has 3 nitrogen and oxygen atoms in total. The standard InChI is InChI=1S/C46H29NO2/c1-2-11-30(12-3-1)35-13-4-7-18-42(35)47(33-25-26-39-37-14-5-8-19-43(37)48-45(39)29-33)32-23-21-31(22-24-32)34-16-10-17-40-36(34)27-28-41-38-15-6-9-20-44(38)49-46(40)41/h1-29H. The second kappa shape index (κ2) is 11.0. The van der Waals surface area contributed by atoms with Crippen LogP contribution in [0.3, 0.4) is 0 Å². The summed E-state index contributed by atoms with van der Waals surface area (Å²) in [5.41, 5.74) is 11.4. The van der Waals surface area contributed by atoms with Crippen molar-refractivity contribution in [1.82, 2.24) is 0 Å². The molecule has 230 valence electrons. The van der Waals surface area contributed by atoms with Gasteiger partial charge in [-0.15, -0.1) is 0 Å². The zero-order chi connectivity index (χ0) is 32.3. The molecule has 0 spiro atoms. The van der Waals surface area contributed by atoms with E-state index in [0.29, 0.717) is 0 Å². The van der Waals surface area contributed by atoms with Gasteiger partial charge in [-0.3, -0.25) is 0 Å². The van der Waals surface area contributed by atoms with E-state index in [-0.39, 0.29) is 0 Å². The molecule has 0 radical (unpaired) electrons. The molecule has 2 aromatic heterocycles. The molecule has 0 aliphatic carbocycles. The van der Waals surface area contributed by atoms with Crippen molar-refractivity contribution in [2.45, 2.75) is 0 Å². The maximum absolute atomic E-state index is 6.39. The molecule has 10 rings (SSSR count). The number of fused-ring (bicyclic) bond motifs is 8. The van der Waals surface area contributed by atoms with E-state index < -0.39 is 0 Å². The van der Waals surface area contributed by atoms with Gasteiger partial charge in [0.25, 0.3) is 0 Å². The molecule has 0 N–H and O–H groups in total. The van der Waals surface area contributed by atoms with E-state index >= 15 is 0 Å². The third-order valence-corrected chi connectivity index (χ3v) is 9.69. The number of hydrogen-bond acceptors (Lipinski definition) is 3. The van der Waals surface area contributed by atoms with Gasteiger partial charge in [0, 0.05) is 49.9 Å². The predicted octanol–water partition coefficient (Wildman–Crippen LogP) is 13.4. The van der Waals surface area contributed by atoms with Gasteiger partial charge in [0.1, 0.15) is 22.3 Å². The van der Waals surface area contributed by atoms with Gasteiger partial charge in [-0.05, 0) is 70.6 Å². The van der Waals surface area contributed by atoms with Crippen LogP contribution >= 0.6 is 0 Å². The number of furan rings is 2. The lowest BCUT2D eigenvalue weighted by atomic mass is 9.96. The maximum atomic E-state index is 6.39. The number of hydrogen-bond donors (Lipinski definition) is 0. The fourth-order valence-corrected chi connectivity index (χ4v) is 7.39. The van der Waals surface area contributed by atoms with Gasteiger partial charge in [-0.2, -0.15) is 0 Å². The molecule has 49 heavy (non-hydrogen) atoms. The van der Waals surface area contributed by atoms with Gasteiger partial charge in [-0.1, -0.05) is 121 Å². The van der Waals surface area contributed by atoms with Crippen LogP contribution in [-0.4, -0.2) is 0 Å². The quantitative estimate of drug-likeness (QED) is 0.190. The normalized spacial score (nSPS) is 11.7. The van der Waals surface area contributed by atoms with Crippen molar-refractivity contribution in [2.75, 3.05) is 4.90 Å². The van der Waals surface area contributed by atoms with Crippen LogP contribution in [0.25, 0.3) is 76.9 Å². The van der Waals surface area contributed by atoms with Crippen LogP contribution in [0.4, 0.5) is 17.1 Å². The Morgan fingerprint density at radius 2 is 0.878 bits per heavy atom. The highest BCUT2D eigenvalue weighted by atomic mass is 16.3. The number of anilines is 3. The Labute approximate surface area is 282 Å². The van der Waals surface area contributed by atoms with Gasteiger partial charge >= 0.3 is 0 Å². The van der Waals surface area contributed by atoms with Gasteiger partial charge in [-0.25, -0.2) is 0 Å². The van der Waals surface area contributed by atoms with Crippen molar-refractivity contribution in [3.63, 3.8) is 0 Å². The summed E-state index contributed by atoms with van der Waals surface area (Å²) < 4.78 is 12.8. The summed E-state index contributed by atoms with van der Waals surface area (Å²) in [5.74, 6) is 0. The Balaban J connectivity index is 1.13. The molecule has 0 saturated heterocycles. The molecule has 3 heteroatoms. The highest BCUT2D eigenvalue weighted by Gasteiger charge is 2.19. The second-order valence-corrected chi connectivity index (χ2v) is 12.5. The summed E-state index contributed by atoms with van der Waals surface area (Å²) in [4.78, 5) is 2.33. The average molecular weight is 628 g/mol. The maximum Gasteiger partial charge on any atom is 0.143 e. The van der Waals surface area contributed by atoms with Crippen LogP contribution in [0.5, 0.6) is 0 Å². The Morgan fingerprint density at radius 1 is 0.327 bits per heavy atom. The summed E-state index contributed by atoms with van der Waals surface area (Å²) in [6.07, 6.45) is 0. The van der Waals surface area contributed by atoms with Crippen molar-refractivity contribution in [2.24, 2.45) is 0 Å². The lowest BCUT2D eigenvalue weighted by Gasteiger charge is -2.28. The molecule has 0 saturated carbocycles. The summed E-state index contributed by atoms with van der Waals surface area (Å²) in [7, 11) is 0. The Bertz CT molecular complexity index is 2830. The lowest BCUT2D eigenvalue weighted by Crippen LogP contribution is -2.11. The molecule has 0 unspecified atom stereocenters. The minimum absolute atomic E-state index is 0.866. The Hall–Kier alpha value is -6.58. The molecule has 0 bridgehead atoms. The number of para-hydroxylation sites is 3. The first-order valence-electron chi connectivity index (χ1n) is 16.6. The SMILES string of the molecule is c1ccc(-c2ccccc2N(c2ccc(-c3cccc4c3ccc3c5ccccc5oc43)cc2)c2ccc3c(c2)oc2ccccc23)cc1. The molecule has 10 aromatic rings. The molecule has 0 atom stereocenters. The van der Waals surface area contributed by atoms with E-state index in [1.807, 2.05) is 24.3 Å². The first-order valence-corrected chi connectivity index (χ1v) is 16.6. The van der Waals surface area contributed by atoms with E-state index in [9.17, 15) is 0 Å². The van der Waals surface area contributed by atoms with Crippen LogP contribution in [-0.2, 0) is 0 Å². The summed E-state index contributed by atoms with van der Waals surface area (Å²) in [5, 5.41) is 6.81. The Kier molecular flexibility index (Phi) is 6.18. The number of benzene rings is 8. The second-order valence-electron chi connectivity index (χ2n) is 12.5. The van der Waals surface area contributed by atoms with Gasteiger partial charge in [0.2, 0.25) is 0 Å². The van der Waals surface area contributed by atoms with Crippen LogP contribution in [0.2, 0.25) is 0 Å². The number of nitrogens with zero attached hydrogens (tertiary/aromatic N) is 1. The molecular formula is C46H29NO2. The van der Waals surface area contributed by atoms with Gasteiger partial charge < -0.3 is 13.7 Å². The fourth-order valence-electron chi connectivity index (χ4n) is 7.39. The van der Waals surface area contributed by atoms with Gasteiger partial charge in [0.05, 0.1) is 5.69 Å². The first kappa shape index (κ1) is 27.5. The van der Waals surface area contributed by atoms with E-state index in [4.69, 9.17) is 8.83 Å². The molecule has 2 heterocycles. The van der Waals surface area contributed by atoms with Crippen molar-refractivity contribution < 1.29 is 8.83 Å². The van der Waals surface area contributed by atoms with E-state index in [2.05, 4.69) is 157 Å². The van der Waals surface area contributed by atoms with Crippen LogP contribution < -0.4 is 4.90 Å². The van der Waals surface area contributed by atoms with E-state index in [1.165, 1.54) is 10.9 Å². The highest BCUT2D eigenvalue weighted by Crippen LogP contribution is 2.44. The molecule has 0 amide bonds. The molecule has 0 aliphatic heterocycles. The molecule has 8 aromatic carbocycles. The van der Waals surface area contributed by atoms with Crippen LogP contribution in [0.1, 0.15) is 0 Å². The first-order chi connectivity index (χ1) is 24.3. The zero-order valence-corrected chi connectivity index (χ0v) is 26.5. The van der Waals surface area contributed by atoms with Crippen LogP contribution in [0.15, 0.2) is 185 Å². The van der Waals surface area contributed by atoms with Crippen molar-refractivity contribution in [3.05, 3.63) is 176 Å². The van der Waals surface area contributed by atoms with Crippen molar-refractivity contribution >= 4 is 71.7 Å². The zero-order valence-electron chi connectivity index (χ0n) is 26.5. The highest BCUT2D eigenvalue weighted by molar-refractivity contribution is 6.17. The summed E-state index contributed by atoms with van der Waals surface area (Å²) in [6.45, 7) is 0. The monoisotopic (exact) mass is 627 g/mol. The Morgan fingerprint density at radius 3 is 1.71 bits per heavy atom. The lowest BCUT2D eigenvalue weighted by molar-refractivity contribution is 0.669.